The van der Waals surface area contributed by atoms with E-state index in [2.05, 4.69) is 5.10 Å². The van der Waals surface area contributed by atoms with Gasteiger partial charge in [-0.15, -0.1) is 0 Å². The summed E-state index contributed by atoms with van der Waals surface area (Å²) in [5.74, 6) is -0.0629. The molecular formula is C12H14N2O2. The Morgan fingerprint density at radius 3 is 2.62 bits per heavy atom. The van der Waals surface area contributed by atoms with Gasteiger partial charge in [-0.3, -0.25) is 9.80 Å². The van der Waals surface area contributed by atoms with Crippen LogP contribution in [0.1, 0.15) is 10.4 Å². The first-order valence-corrected chi connectivity index (χ1v) is 5.32. The molecule has 4 nitrogen and oxygen atoms in total. The van der Waals surface area contributed by atoms with Gasteiger partial charge in [0.1, 0.15) is 0 Å². The highest BCUT2D eigenvalue weighted by molar-refractivity contribution is 6.35. The van der Waals surface area contributed by atoms with Crippen LogP contribution in [-0.2, 0) is 4.74 Å². The Balaban J connectivity index is 1.94. The number of Topliss-reactive ketones (excluding diaryl/α,β-unsaturated/α-hetero) is 1. The minimum atomic E-state index is -0.0629. The highest BCUT2D eigenvalue weighted by Crippen LogP contribution is 2.00. The number of hydrogen-bond acceptors (Lipinski definition) is 4. The molecule has 1 fully saturated rings. The van der Waals surface area contributed by atoms with Crippen LogP contribution in [0.25, 0.3) is 0 Å². The number of hydrazone groups is 1. The Kier molecular flexibility index (Phi) is 3.66. The number of rotatable bonds is 3. The zero-order valence-corrected chi connectivity index (χ0v) is 9.00. The van der Waals surface area contributed by atoms with E-state index < -0.39 is 0 Å². The van der Waals surface area contributed by atoms with E-state index >= 15 is 0 Å². The van der Waals surface area contributed by atoms with Crippen LogP contribution in [0.3, 0.4) is 0 Å². The molecule has 2 rings (SSSR count). The smallest absolute Gasteiger partial charge is 0.205 e. The second-order valence-electron chi connectivity index (χ2n) is 3.54. The molecule has 16 heavy (non-hydrogen) atoms. The molecule has 0 atom stereocenters. The molecule has 1 aliphatic heterocycles. The molecule has 4 heteroatoms. The Bertz CT molecular complexity index is 370. The van der Waals surface area contributed by atoms with Gasteiger partial charge in [0.15, 0.2) is 0 Å². The summed E-state index contributed by atoms with van der Waals surface area (Å²) in [4.78, 5) is 11.7. The van der Waals surface area contributed by atoms with Gasteiger partial charge >= 0.3 is 0 Å². The lowest BCUT2D eigenvalue weighted by molar-refractivity contribution is 0.0395. The van der Waals surface area contributed by atoms with E-state index in [1.807, 2.05) is 23.2 Å². The number of carbonyl (C=O) groups excluding carboxylic acids is 1. The second kappa shape index (κ2) is 5.42. The maximum absolute atomic E-state index is 11.7. The van der Waals surface area contributed by atoms with Crippen molar-refractivity contribution in [2.75, 3.05) is 26.3 Å². The van der Waals surface area contributed by atoms with Gasteiger partial charge in [-0.1, -0.05) is 30.3 Å². The van der Waals surface area contributed by atoms with Crippen LogP contribution in [0.15, 0.2) is 35.4 Å². The number of ketones is 1. The number of hydrogen-bond donors (Lipinski definition) is 0. The quantitative estimate of drug-likeness (QED) is 0.565. The van der Waals surface area contributed by atoms with Gasteiger partial charge in [0.2, 0.25) is 5.78 Å². The maximum Gasteiger partial charge on any atom is 0.205 e. The van der Waals surface area contributed by atoms with Crippen LogP contribution in [0.4, 0.5) is 0 Å². The van der Waals surface area contributed by atoms with E-state index in [0.29, 0.717) is 18.8 Å². The summed E-state index contributed by atoms with van der Waals surface area (Å²) in [5.41, 5.74) is 0.666. The highest BCUT2D eigenvalue weighted by atomic mass is 16.5. The lowest BCUT2D eigenvalue weighted by atomic mass is 10.1. The van der Waals surface area contributed by atoms with E-state index in [9.17, 15) is 4.79 Å². The molecule has 1 aromatic carbocycles. The van der Waals surface area contributed by atoms with Gasteiger partial charge in [-0.2, -0.15) is 5.10 Å². The molecular weight excluding hydrogens is 204 g/mol. The SMILES string of the molecule is O=C(/C=N/N1CCOCC1)c1ccccc1. The lowest BCUT2D eigenvalue weighted by Crippen LogP contribution is -2.32. The topological polar surface area (TPSA) is 41.9 Å². The first-order valence-electron chi connectivity index (χ1n) is 5.32. The molecule has 84 valence electrons. The summed E-state index contributed by atoms with van der Waals surface area (Å²) >= 11 is 0. The van der Waals surface area contributed by atoms with Gasteiger partial charge < -0.3 is 4.74 Å². The Hall–Kier alpha value is -1.68. The van der Waals surface area contributed by atoms with Gasteiger partial charge in [-0.05, 0) is 0 Å². The van der Waals surface area contributed by atoms with Crippen molar-refractivity contribution in [3.63, 3.8) is 0 Å². The predicted octanol–water partition coefficient (Wildman–Crippen LogP) is 1.19. The van der Waals surface area contributed by atoms with Gasteiger partial charge in [-0.25, -0.2) is 0 Å². The third-order valence-corrected chi connectivity index (χ3v) is 2.38. The highest BCUT2D eigenvalue weighted by Gasteiger charge is 2.07. The number of nitrogens with zero attached hydrogens (tertiary/aromatic N) is 2. The molecule has 1 aromatic rings. The summed E-state index contributed by atoms with van der Waals surface area (Å²) in [7, 11) is 0. The van der Waals surface area contributed by atoms with E-state index in [1.165, 1.54) is 6.21 Å². The third-order valence-electron chi connectivity index (χ3n) is 2.38. The normalized spacial score (nSPS) is 16.6. The van der Waals surface area contributed by atoms with Crippen LogP contribution in [0.5, 0.6) is 0 Å². The molecule has 1 saturated heterocycles. The van der Waals surface area contributed by atoms with Crippen LogP contribution in [-0.4, -0.2) is 43.3 Å². The van der Waals surface area contributed by atoms with Crippen molar-refractivity contribution in [3.05, 3.63) is 35.9 Å². The van der Waals surface area contributed by atoms with Gasteiger partial charge in [0.25, 0.3) is 0 Å². The largest absolute Gasteiger partial charge is 0.378 e. The minimum Gasteiger partial charge on any atom is -0.378 e. The van der Waals surface area contributed by atoms with Crippen molar-refractivity contribution < 1.29 is 9.53 Å². The number of carbonyl (C=O) groups is 1. The Morgan fingerprint density at radius 1 is 1.25 bits per heavy atom. The monoisotopic (exact) mass is 218 g/mol. The second-order valence-corrected chi connectivity index (χ2v) is 3.54. The Morgan fingerprint density at radius 2 is 1.94 bits per heavy atom. The number of benzene rings is 1. The summed E-state index contributed by atoms with van der Waals surface area (Å²) in [6.07, 6.45) is 1.38. The fourth-order valence-electron chi connectivity index (χ4n) is 1.48. The Labute approximate surface area is 94.5 Å². The van der Waals surface area contributed by atoms with E-state index in [-0.39, 0.29) is 5.78 Å². The first kappa shape index (κ1) is 10.8. The number of morpholine rings is 1. The molecule has 0 saturated carbocycles. The van der Waals surface area contributed by atoms with Crippen LogP contribution in [0.2, 0.25) is 0 Å². The van der Waals surface area contributed by atoms with Crippen molar-refractivity contribution in [1.82, 2.24) is 5.01 Å². The molecule has 1 aliphatic rings. The fraction of sp³-hybridized carbons (Fsp3) is 0.333. The standard InChI is InChI=1S/C12H14N2O2/c15-12(11-4-2-1-3-5-11)10-13-14-6-8-16-9-7-14/h1-5,10H,6-9H2/b13-10+. The molecule has 0 unspecified atom stereocenters. The van der Waals surface area contributed by atoms with Crippen molar-refractivity contribution in [1.29, 1.82) is 0 Å². The molecule has 0 aromatic heterocycles. The molecule has 0 aliphatic carbocycles. The van der Waals surface area contributed by atoms with Crippen molar-refractivity contribution in [2.45, 2.75) is 0 Å². The molecule has 0 amide bonds. The van der Waals surface area contributed by atoms with Crippen LogP contribution in [0, 0.1) is 0 Å². The average molecular weight is 218 g/mol. The molecule has 1 heterocycles. The summed E-state index contributed by atoms with van der Waals surface area (Å²) in [6.45, 7) is 2.85. The van der Waals surface area contributed by atoms with E-state index in [1.54, 1.807) is 12.1 Å². The van der Waals surface area contributed by atoms with E-state index in [0.717, 1.165) is 13.1 Å². The molecule has 0 spiro atoms. The zero-order chi connectivity index (χ0) is 11.2. The third kappa shape index (κ3) is 2.90. The maximum atomic E-state index is 11.7. The predicted molar refractivity (Wildman–Crippen MR) is 61.7 cm³/mol. The van der Waals surface area contributed by atoms with Crippen LogP contribution < -0.4 is 0 Å². The van der Waals surface area contributed by atoms with Gasteiger partial charge in [0, 0.05) is 5.56 Å². The van der Waals surface area contributed by atoms with Crippen molar-refractivity contribution >= 4 is 12.0 Å². The molecule has 0 radical (unpaired) electrons. The molecule has 0 bridgehead atoms. The fourth-order valence-corrected chi connectivity index (χ4v) is 1.48. The van der Waals surface area contributed by atoms with Crippen LogP contribution >= 0.6 is 0 Å². The van der Waals surface area contributed by atoms with E-state index in [4.69, 9.17) is 4.74 Å². The van der Waals surface area contributed by atoms with Crippen molar-refractivity contribution in [2.24, 2.45) is 5.10 Å². The summed E-state index contributed by atoms with van der Waals surface area (Å²) in [6, 6.07) is 9.14. The zero-order valence-electron chi connectivity index (χ0n) is 9.00. The summed E-state index contributed by atoms with van der Waals surface area (Å²) in [5, 5.41) is 5.99. The molecule has 0 N–H and O–H groups in total. The first-order chi connectivity index (χ1) is 7.86. The lowest BCUT2D eigenvalue weighted by Gasteiger charge is -2.23. The van der Waals surface area contributed by atoms with Crippen molar-refractivity contribution in [3.8, 4) is 0 Å². The minimum absolute atomic E-state index is 0.0629. The average Bonchev–Trinajstić information content (AvgIpc) is 2.38. The summed E-state index contributed by atoms with van der Waals surface area (Å²) < 4.78 is 5.19. The number of ether oxygens (including phenoxy) is 1. The van der Waals surface area contributed by atoms with Gasteiger partial charge in [0.05, 0.1) is 32.5 Å².